The van der Waals surface area contributed by atoms with Gasteiger partial charge < -0.3 is 10.1 Å². The summed E-state index contributed by atoms with van der Waals surface area (Å²) in [6.07, 6.45) is -0.486. The van der Waals surface area contributed by atoms with Crippen LogP contribution in [0.1, 0.15) is 51.9 Å². The zero-order chi connectivity index (χ0) is 24.9. The van der Waals surface area contributed by atoms with E-state index >= 15 is 0 Å². The standard InChI is InChI=1S/C26H33ClN4O3/c1-17(2)21(14-28-16-29-25(33)34-26(3,4)5)23-30-22-13-19(27)11-12-20(22)24(32)31(23)15-18-9-7-6-8-10-18/h6-13,17,21,28H,14-16H2,1-5H3,(H,29,33). The predicted molar refractivity (Wildman–Crippen MR) is 136 cm³/mol. The number of fused-ring (bicyclic) bond motifs is 1. The molecule has 1 aromatic heterocycles. The molecular formula is C26H33ClN4O3. The lowest BCUT2D eigenvalue weighted by molar-refractivity contribution is 0.0523. The van der Waals surface area contributed by atoms with Gasteiger partial charge in [0, 0.05) is 17.5 Å². The maximum absolute atomic E-state index is 13.5. The number of carbonyl (C=O) groups is 1. The summed E-state index contributed by atoms with van der Waals surface area (Å²) in [6, 6.07) is 15.0. The van der Waals surface area contributed by atoms with Crippen molar-refractivity contribution in [1.29, 1.82) is 0 Å². The molecule has 1 amide bonds. The average molecular weight is 485 g/mol. The summed E-state index contributed by atoms with van der Waals surface area (Å²) in [4.78, 5) is 30.4. The lowest BCUT2D eigenvalue weighted by Crippen LogP contribution is -2.40. The van der Waals surface area contributed by atoms with Crippen LogP contribution in [0.4, 0.5) is 4.79 Å². The lowest BCUT2D eigenvalue weighted by Gasteiger charge is -2.25. The third kappa shape index (κ3) is 6.81. The van der Waals surface area contributed by atoms with Gasteiger partial charge in [-0.15, -0.1) is 0 Å². The Bertz CT molecular complexity index is 1190. The van der Waals surface area contributed by atoms with Crippen LogP contribution in [-0.4, -0.2) is 34.5 Å². The minimum absolute atomic E-state index is 0.0831. The molecule has 1 atom stereocenters. The van der Waals surface area contributed by atoms with E-state index in [9.17, 15) is 9.59 Å². The lowest BCUT2D eigenvalue weighted by atomic mass is 9.94. The Morgan fingerprint density at radius 2 is 1.85 bits per heavy atom. The molecule has 0 bridgehead atoms. The van der Waals surface area contributed by atoms with Gasteiger partial charge in [0.2, 0.25) is 0 Å². The Hall–Kier alpha value is -2.90. The summed E-state index contributed by atoms with van der Waals surface area (Å²) in [6.45, 7) is 10.8. The Kier molecular flexibility index (Phi) is 8.33. The van der Waals surface area contributed by atoms with Crippen LogP contribution in [0.5, 0.6) is 0 Å². The van der Waals surface area contributed by atoms with Gasteiger partial charge in [-0.05, 0) is 50.5 Å². The normalized spacial score (nSPS) is 12.7. The predicted octanol–water partition coefficient (Wildman–Crippen LogP) is 4.91. The van der Waals surface area contributed by atoms with Crippen LogP contribution < -0.4 is 16.2 Å². The second kappa shape index (κ2) is 11.0. The van der Waals surface area contributed by atoms with Gasteiger partial charge in [-0.1, -0.05) is 55.8 Å². The molecular weight excluding hydrogens is 452 g/mol. The van der Waals surface area contributed by atoms with Gasteiger partial charge in [-0.2, -0.15) is 0 Å². The third-order valence-electron chi connectivity index (χ3n) is 5.39. The van der Waals surface area contributed by atoms with E-state index < -0.39 is 11.7 Å². The SMILES string of the molecule is CC(C)C(CNCNC(=O)OC(C)(C)C)c1nc2cc(Cl)ccc2c(=O)n1Cc1ccccc1. The quantitative estimate of drug-likeness (QED) is 0.350. The highest BCUT2D eigenvalue weighted by Crippen LogP contribution is 2.25. The van der Waals surface area contributed by atoms with Crippen molar-refractivity contribution in [2.75, 3.05) is 13.2 Å². The number of amides is 1. The summed E-state index contributed by atoms with van der Waals surface area (Å²) in [5.74, 6) is 0.781. The maximum atomic E-state index is 13.5. The largest absolute Gasteiger partial charge is 0.444 e. The van der Waals surface area contributed by atoms with Crippen molar-refractivity contribution in [2.45, 2.75) is 52.7 Å². The Morgan fingerprint density at radius 1 is 1.15 bits per heavy atom. The van der Waals surface area contributed by atoms with Crippen molar-refractivity contribution in [1.82, 2.24) is 20.2 Å². The number of carbonyl (C=O) groups excluding carboxylic acids is 1. The smallest absolute Gasteiger partial charge is 0.408 e. The number of hydrogen-bond donors (Lipinski definition) is 2. The Balaban J connectivity index is 1.91. The highest BCUT2D eigenvalue weighted by Gasteiger charge is 2.24. The molecule has 1 unspecified atom stereocenters. The first kappa shape index (κ1) is 25.7. The van der Waals surface area contributed by atoms with E-state index in [0.717, 1.165) is 5.56 Å². The first-order chi connectivity index (χ1) is 16.0. The molecule has 0 saturated carbocycles. The van der Waals surface area contributed by atoms with Crippen molar-refractivity contribution >= 4 is 28.6 Å². The van der Waals surface area contributed by atoms with Gasteiger partial charge >= 0.3 is 6.09 Å². The maximum Gasteiger partial charge on any atom is 0.408 e. The number of halogens is 1. The number of ether oxygens (including phenoxy) is 1. The minimum atomic E-state index is -0.561. The summed E-state index contributed by atoms with van der Waals surface area (Å²) in [5, 5.41) is 7.04. The van der Waals surface area contributed by atoms with Gasteiger partial charge in [0.25, 0.3) is 5.56 Å². The molecule has 7 nitrogen and oxygen atoms in total. The molecule has 0 saturated heterocycles. The molecule has 8 heteroatoms. The molecule has 3 rings (SSSR count). The zero-order valence-corrected chi connectivity index (χ0v) is 21.1. The second-order valence-electron chi connectivity index (χ2n) is 9.67. The van der Waals surface area contributed by atoms with E-state index in [2.05, 4.69) is 24.5 Å². The van der Waals surface area contributed by atoms with Gasteiger partial charge in [0.1, 0.15) is 11.4 Å². The van der Waals surface area contributed by atoms with Crippen molar-refractivity contribution < 1.29 is 9.53 Å². The van der Waals surface area contributed by atoms with E-state index in [1.54, 1.807) is 22.8 Å². The van der Waals surface area contributed by atoms with Crippen LogP contribution in [0.3, 0.4) is 0 Å². The molecule has 0 aliphatic rings. The average Bonchev–Trinajstić information content (AvgIpc) is 2.75. The fraction of sp³-hybridized carbons (Fsp3) is 0.423. The molecule has 0 radical (unpaired) electrons. The van der Waals surface area contributed by atoms with Crippen LogP contribution in [0.25, 0.3) is 10.9 Å². The molecule has 0 fully saturated rings. The molecule has 2 aromatic carbocycles. The minimum Gasteiger partial charge on any atom is -0.444 e. The highest BCUT2D eigenvalue weighted by molar-refractivity contribution is 6.31. The van der Waals surface area contributed by atoms with E-state index in [1.807, 2.05) is 51.1 Å². The Labute approximate surface area is 205 Å². The van der Waals surface area contributed by atoms with E-state index in [1.165, 1.54) is 0 Å². The van der Waals surface area contributed by atoms with Crippen LogP contribution >= 0.6 is 11.6 Å². The molecule has 0 aliphatic heterocycles. The van der Waals surface area contributed by atoms with Gasteiger partial charge in [0.15, 0.2) is 0 Å². The summed E-state index contributed by atoms with van der Waals surface area (Å²) >= 11 is 6.20. The first-order valence-electron chi connectivity index (χ1n) is 11.5. The van der Waals surface area contributed by atoms with Gasteiger partial charge in [-0.3, -0.25) is 14.7 Å². The monoisotopic (exact) mass is 484 g/mol. The zero-order valence-electron chi connectivity index (χ0n) is 20.4. The van der Waals surface area contributed by atoms with Crippen LogP contribution in [0.2, 0.25) is 5.02 Å². The number of aromatic nitrogens is 2. The molecule has 182 valence electrons. The fourth-order valence-electron chi connectivity index (χ4n) is 3.71. The van der Waals surface area contributed by atoms with E-state index in [-0.39, 0.29) is 24.1 Å². The van der Waals surface area contributed by atoms with Gasteiger partial charge in [0.05, 0.1) is 24.1 Å². The van der Waals surface area contributed by atoms with Crippen molar-refractivity contribution in [2.24, 2.45) is 5.92 Å². The highest BCUT2D eigenvalue weighted by atomic mass is 35.5. The number of benzene rings is 2. The van der Waals surface area contributed by atoms with Crippen LogP contribution in [0.15, 0.2) is 53.3 Å². The first-order valence-corrected chi connectivity index (χ1v) is 11.8. The summed E-state index contributed by atoms with van der Waals surface area (Å²) in [7, 11) is 0. The van der Waals surface area contributed by atoms with Crippen molar-refractivity contribution in [3.05, 3.63) is 75.3 Å². The second-order valence-corrected chi connectivity index (χ2v) is 10.1. The van der Waals surface area contributed by atoms with Gasteiger partial charge in [-0.25, -0.2) is 9.78 Å². The molecule has 2 N–H and O–H groups in total. The molecule has 34 heavy (non-hydrogen) atoms. The molecule has 0 spiro atoms. The Morgan fingerprint density at radius 3 is 2.50 bits per heavy atom. The summed E-state index contributed by atoms with van der Waals surface area (Å²) < 4.78 is 7.03. The van der Waals surface area contributed by atoms with E-state index in [0.29, 0.717) is 34.8 Å². The number of hydrogen-bond acceptors (Lipinski definition) is 5. The van der Waals surface area contributed by atoms with Crippen LogP contribution in [0, 0.1) is 5.92 Å². The van der Waals surface area contributed by atoms with Crippen molar-refractivity contribution in [3.8, 4) is 0 Å². The van der Waals surface area contributed by atoms with Crippen molar-refractivity contribution in [3.63, 3.8) is 0 Å². The fourth-order valence-corrected chi connectivity index (χ4v) is 3.88. The summed E-state index contributed by atoms with van der Waals surface area (Å²) in [5.41, 5.74) is 0.935. The topological polar surface area (TPSA) is 85.2 Å². The number of nitrogens with zero attached hydrogens (tertiary/aromatic N) is 2. The molecule has 3 aromatic rings. The molecule has 0 aliphatic carbocycles. The number of alkyl carbamates (subject to hydrolysis) is 1. The third-order valence-corrected chi connectivity index (χ3v) is 5.62. The van der Waals surface area contributed by atoms with Crippen LogP contribution in [-0.2, 0) is 11.3 Å². The molecule has 1 heterocycles. The van der Waals surface area contributed by atoms with E-state index in [4.69, 9.17) is 21.3 Å². The number of rotatable bonds is 8. The number of nitrogens with one attached hydrogen (secondary N) is 2.